The molecule has 204 valence electrons. The average Bonchev–Trinajstić information content (AvgIpc) is 2.73. The Morgan fingerprint density at radius 2 is 1.92 bits per heavy atom. The molecule has 0 radical (unpaired) electrons. The maximum Gasteiger partial charge on any atom is 0.422 e. The van der Waals surface area contributed by atoms with Gasteiger partial charge < -0.3 is 20.5 Å². The van der Waals surface area contributed by atoms with Crippen molar-refractivity contribution in [2.45, 2.75) is 45.5 Å². The lowest BCUT2D eigenvalue weighted by molar-refractivity contribution is -0.428. The van der Waals surface area contributed by atoms with Crippen LogP contribution >= 0.6 is 0 Å². The highest BCUT2D eigenvalue weighted by Crippen LogP contribution is 2.23. The van der Waals surface area contributed by atoms with Crippen molar-refractivity contribution in [2.75, 3.05) is 19.8 Å². The molecule has 1 aliphatic rings. The summed E-state index contributed by atoms with van der Waals surface area (Å²) >= 11 is 0. The first kappa shape index (κ1) is 30.7. The molecular formula is C20H27F6N5O5. The number of carbonyl (C=O) groups excluding carboxylic acids is 1. The van der Waals surface area contributed by atoms with E-state index in [-0.39, 0.29) is 25.1 Å². The van der Waals surface area contributed by atoms with Gasteiger partial charge in [-0.3, -0.25) is 15.4 Å². The number of carbonyl (C=O) groups is 1. The molecule has 2 atom stereocenters. The van der Waals surface area contributed by atoms with E-state index in [4.69, 9.17) is 5.73 Å². The Morgan fingerprint density at radius 1 is 1.28 bits per heavy atom. The van der Waals surface area contributed by atoms with Crippen molar-refractivity contribution in [3.63, 3.8) is 0 Å². The Kier molecular flexibility index (Phi) is 11.7. The van der Waals surface area contributed by atoms with Gasteiger partial charge in [-0.1, -0.05) is 13.8 Å². The number of hydrogen-bond acceptors (Lipinski definition) is 6. The van der Waals surface area contributed by atoms with Gasteiger partial charge in [-0.05, 0) is 30.9 Å². The Balaban J connectivity index is 2.88. The lowest BCUT2D eigenvalue weighted by Crippen LogP contribution is -2.44. The zero-order chi connectivity index (χ0) is 27.5. The third kappa shape index (κ3) is 13.0. The van der Waals surface area contributed by atoms with E-state index in [2.05, 4.69) is 25.1 Å². The van der Waals surface area contributed by atoms with Crippen molar-refractivity contribution in [2.24, 2.45) is 22.6 Å². The summed E-state index contributed by atoms with van der Waals surface area (Å²) in [5.74, 6) is -2.20. The number of guanidine groups is 1. The molecule has 4 N–H and O–H groups in total. The summed E-state index contributed by atoms with van der Waals surface area (Å²) in [6.07, 6.45) is -5.13. The summed E-state index contributed by atoms with van der Waals surface area (Å²) in [4.78, 5) is 26.1. The predicted molar refractivity (Wildman–Crippen MR) is 116 cm³/mol. The second-order valence-corrected chi connectivity index (χ2v) is 7.75. The van der Waals surface area contributed by atoms with Gasteiger partial charge in [0.05, 0.1) is 4.92 Å². The number of amides is 2. The lowest BCUT2D eigenvalue weighted by Gasteiger charge is -2.19. The third-order valence-electron chi connectivity index (χ3n) is 4.65. The van der Waals surface area contributed by atoms with Crippen LogP contribution in [0.5, 0.6) is 0 Å². The van der Waals surface area contributed by atoms with E-state index >= 15 is 0 Å². The summed E-state index contributed by atoms with van der Waals surface area (Å²) in [7, 11) is 0. The second-order valence-electron chi connectivity index (χ2n) is 7.75. The minimum absolute atomic E-state index is 0.0283. The van der Waals surface area contributed by atoms with Gasteiger partial charge in [0, 0.05) is 30.7 Å². The van der Waals surface area contributed by atoms with Crippen LogP contribution in [0.1, 0.15) is 33.1 Å². The fourth-order valence-corrected chi connectivity index (χ4v) is 2.87. The van der Waals surface area contributed by atoms with Crippen molar-refractivity contribution in [1.29, 1.82) is 0 Å². The number of rotatable bonds is 11. The smallest absolute Gasteiger partial charge is 0.422 e. The third-order valence-corrected chi connectivity index (χ3v) is 4.65. The number of nitrogens with zero attached hydrogens (tertiary/aromatic N) is 2. The molecule has 0 spiro atoms. The molecule has 0 aromatic carbocycles. The molecule has 0 saturated carbocycles. The molecule has 0 aromatic rings. The number of hydrogen-bond donors (Lipinski definition) is 3. The Bertz CT molecular complexity index is 898. The molecule has 0 heterocycles. The molecule has 2 amide bonds. The summed E-state index contributed by atoms with van der Waals surface area (Å²) < 4.78 is 83.6. The van der Waals surface area contributed by atoms with Crippen LogP contribution in [0.2, 0.25) is 0 Å². The van der Waals surface area contributed by atoms with Crippen LogP contribution in [0, 0.1) is 22.0 Å². The number of ether oxygens (including phenoxy) is 2. The number of nitrogens with one attached hydrogen (secondary N) is 2. The molecule has 0 aromatic heterocycles. The maximum atomic E-state index is 12.6. The van der Waals surface area contributed by atoms with Crippen LogP contribution in [-0.4, -0.2) is 49.1 Å². The van der Waals surface area contributed by atoms with E-state index in [0.717, 1.165) is 6.08 Å². The zero-order valence-electron chi connectivity index (χ0n) is 19.4. The van der Waals surface area contributed by atoms with E-state index in [1.165, 1.54) is 12.2 Å². The molecule has 2 unspecified atom stereocenters. The van der Waals surface area contributed by atoms with Crippen LogP contribution in [-0.2, 0) is 9.47 Å². The van der Waals surface area contributed by atoms with Crippen LogP contribution in [0.4, 0.5) is 31.1 Å². The van der Waals surface area contributed by atoms with Gasteiger partial charge in [0.15, 0.2) is 6.61 Å². The van der Waals surface area contributed by atoms with Crippen molar-refractivity contribution in [3.8, 4) is 0 Å². The van der Waals surface area contributed by atoms with Gasteiger partial charge in [-0.25, -0.2) is 4.79 Å². The molecule has 1 aliphatic carbocycles. The van der Waals surface area contributed by atoms with E-state index < -0.39 is 60.2 Å². The van der Waals surface area contributed by atoms with Gasteiger partial charge >= 0.3 is 18.4 Å². The number of nitrogens with two attached hydrogens (primary N) is 1. The Hall–Kier alpha value is -3.30. The number of urea groups is 1. The summed E-state index contributed by atoms with van der Waals surface area (Å²) in [6, 6.07) is -0.907. The molecule has 10 nitrogen and oxygen atoms in total. The van der Waals surface area contributed by atoms with Crippen molar-refractivity contribution in [3.05, 3.63) is 45.6 Å². The van der Waals surface area contributed by atoms with Crippen molar-refractivity contribution < 1.29 is 45.5 Å². The fourth-order valence-electron chi connectivity index (χ4n) is 2.87. The lowest BCUT2D eigenvalue weighted by atomic mass is 9.97. The standard InChI is InChI=1S/C20H27F6N5O5/c1-3-13(6-7-35-10-19(21,22)23)9-16(36-11-20(24,25)26)29-17(27)30-18(32)28-15-5-4-14(31(33)34)8-12(15)2/h4-5,9,12-13H,3,6-8,10-11H2,1-2H3,(H4,27,28,29,30,32)/b16-9+. The first-order chi connectivity index (χ1) is 16.6. The molecular weight excluding hydrogens is 504 g/mol. The first-order valence-corrected chi connectivity index (χ1v) is 10.6. The maximum absolute atomic E-state index is 12.6. The Morgan fingerprint density at radius 3 is 2.44 bits per heavy atom. The van der Waals surface area contributed by atoms with Crippen LogP contribution in [0.15, 0.2) is 40.5 Å². The summed E-state index contributed by atoms with van der Waals surface area (Å²) in [5, 5.41) is 15.4. The van der Waals surface area contributed by atoms with E-state index in [1.807, 2.05) is 0 Å². The highest BCUT2D eigenvalue weighted by Gasteiger charge is 2.29. The van der Waals surface area contributed by atoms with E-state index in [1.54, 1.807) is 13.8 Å². The molecule has 0 aliphatic heterocycles. The van der Waals surface area contributed by atoms with Gasteiger partial charge in [-0.2, -0.15) is 31.3 Å². The van der Waals surface area contributed by atoms with Crippen LogP contribution in [0.25, 0.3) is 0 Å². The normalized spacial score (nSPS) is 18.2. The van der Waals surface area contributed by atoms with Crippen LogP contribution in [0.3, 0.4) is 0 Å². The van der Waals surface area contributed by atoms with Gasteiger partial charge in [0.25, 0.3) is 0 Å². The fraction of sp³-hybridized carbons (Fsp3) is 0.600. The number of nitro groups is 1. The number of halogens is 6. The van der Waals surface area contributed by atoms with Gasteiger partial charge in [-0.15, -0.1) is 0 Å². The van der Waals surface area contributed by atoms with E-state index in [9.17, 15) is 41.3 Å². The molecule has 1 rings (SSSR count). The van der Waals surface area contributed by atoms with Crippen molar-refractivity contribution in [1.82, 2.24) is 10.6 Å². The first-order valence-electron chi connectivity index (χ1n) is 10.6. The zero-order valence-corrected chi connectivity index (χ0v) is 19.4. The Labute approximate surface area is 202 Å². The number of aliphatic imine (C=N–C) groups is 1. The quantitative estimate of drug-likeness (QED) is 0.0697. The number of allylic oxidation sites excluding steroid dienone is 5. The molecule has 0 bridgehead atoms. The second kappa shape index (κ2) is 13.7. The van der Waals surface area contributed by atoms with Crippen LogP contribution < -0.4 is 16.4 Å². The minimum Gasteiger partial charge on any atom is -0.468 e. The molecule has 16 heteroatoms. The molecule has 0 saturated heterocycles. The molecule has 36 heavy (non-hydrogen) atoms. The molecule has 0 fully saturated rings. The van der Waals surface area contributed by atoms with Gasteiger partial charge in [0.1, 0.15) is 6.61 Å². The van der Waals surface area contributed by atoms with E-state index in [0.29, 0.717) is 12.1 Å². The topological polar surface area (TPSA) is 141 Å². The van der Waals surface area contributed by atoms with Gasteiger partial charge in [0.2, 0.25) is 17.5 Å². The average molecular weight is 531 g/mol. The predicted octanol–water partition coefficient (Wildman–Crippen LogP) is 4.10. The SMILES string of the molecule is CCC(/C=C(\N=C(N)NC(=O)NC1=CC=C([N+](=O)[O-])CC1C)OCC(F)(F)F)CCOCC(F)(F)F. The largest absolute Gasteiger partial charge is 0.468 e. The highest BCUT2D eigenvalue weighted by molar-refractivity contribution is 5.96. The summed E-state index contributed by atoms with van der Waals surface area (Å²) in [5.41, 5.74) is 5.90. The minimum atomic E-state index is -4.72. The van der Waals surface area contributed by atoms with Crippen molar-refractivity contribution >= 4 is 12.0 Å². The summed E-state index contributed by atoms with van der Waals surface area (Å²) in [6.45, 7) is -0.232. The monoisotopic (exact) mass is 531 g/mol. The number of alkyl halides is 6. The highest BCUT2D eigenvalue weighted by atomic mass is 19.4.